The van der Waals surface area contributed by atoms with Crippen LogP contribution in [-0.4, -0.2) is 12.1 Å². The van der Waals surface area contributed by atoms with Gasteiger partial charge in [-0.1, -0.05) is 36.8 Å². The zero-order valence-corrected chi connectivity index (χ0v) is 9.52. The Morgan fingerprint density at radius 1 is 1.12 bits per heavy atom. The minimum absolute atomic E-state index is 0.0272. The lowest BCUT2D eigenvalue weighted by Gasteiger charge is -2.20. The minimum atomic E-state index is -0.0272. The van der Waals surface area contributed by atoms with Gasteiger partial charge in [0.1, 0.15) is 6.10 Å². The Morgan fingerprint density at radius 3 is 2.75 bits per heavy atom. The summed E-state index contributed by atoms with van der Waals surface area (Å²) < 4.78 is 5.46. The fourth-order valence-electron chi connectivity index (χ4n) is 2.14. The first-order chi connectivity index (χ1) is 7.84. The Hall–Kier alpha value is -1.31. The van der Waals surface area contributed by atoms with E-state index in [1.165, 1.54) is 12.0 Å². The van der Waals surface area contributed by atoms with Crippen molar-refractivity contribution in [1.82, 2.24) is 0 Å². The summed E-state index contributed by atoms with van der Waals surface area (Å²) >= 11 is 0. The second-order valence-electron chi connectivity index (χ2n) is 4.40. The maximum Gasteiger partial charge on any atom is 0.306 e. The van der Waals surface area contributed by atoms with Crippen LogP contribution >= 0.6 is 0 Å². The van der Waals surface area contributed by atoms with Crippen molar-refractivity contribution in [3.8, 4) is 0 Å². The Labute approximate surface area is 96.6 Å². The summed E-state index contributed by atoms with van der Waals surface area (Å²) in [7, 11) is 0. The molecule has 1 aromatic rings. The van der Waals surface area contributed by atoms with Crippen LogP contribution in [0.5, 0.6) is 0 Å². The van der Waals surface area contributed by atoms with Crippen molar-refractivity contribution < 1.29 is 9.53 Å². The molecule has 1 aliphatic heterocycles. The maximum atomic E-state index is 11.4. The molecule has 16 heavy (non-hydrogen) atoms. The van der Waals surface area contributed by atoms with Crippen molar-refractivity contribution in [3.63, 3.8) is 0 Å². The number of cyclic esters (lactones) is 1. The summed E-state index contributed by atoms with van der Waals surface area (Å²) in [5, 5.41) is 0. The quantitative estimate of drug-likeness (QED) is 0.713. The predicted molar refractivity (Wildman–Crippen MR) is 63.1 cm³/mol. The van der Waals surface area contributed by atoms with Gasteiger partial charge in [0.15, 0.2) is 0 Å². The summed E-state index contributed by atoms with van der Waals surface area (Å²) in [5.41, 5.74) is 1.25. The van der Waals surface area contributed by atoms with E-state index >= 15 is 0 Å². The number of carbonyl (C=O) groups excluding carboxylic acids is 1. The van der Waals surface area contributed by atoms with Gasteiger partial charge in [0.2, 0.25) is 0 Å². The number of hydrogen-bond donors (Lipinski definition) is 0. The van der Waals surface area contributed by atoms with Gasteiger partial charge in [-0.3, -0.25) is 4.79 Å². The van der Waals surface area contributed by atoms with Gasteiger partial charge >= 0.3 is 5.97 Å². The van der Waals surface area contributed by atoms with E-state index in [1.54, 1.807) is 0 Å². The molecule has 1 aromatic carbocycles. The van der Waals surface area contributed by atoms with Crippen molar-refractivity contribution in [2.45, 2.75) is 44.6 Å². The van der Waals surface area contributed by atoms with Crippen LogP contribution < -0.4 is 0 Å². The van der Waals surface area contributed by atoms with E-state index in [9.17, 15) is 4.79 Å². The fraction of sp³-hybridized carbons (Fsp3) is 0.500. The van der Waals surface area contributed by atoms with E-state index < -0.39 is 0 Å². The van der Waals surface area contributed by atoms with E-state index in [0.29, 0.717) is 6.42 Å². The molecule has 86 valence electrons. The maximum absolute atomic E-state index is 11.4. The lowest BCUT2D eigenvalue weighted by Crippen LogP contribution is -2.22. The molecule has 1 heterocycles. The van der Waals surface area contributed by atoms with Gasteiger partial charge in [0, 0.05) is 12.8 Å². The summed E-state index contributed by atoms with van der Waals surface area (Å²) in [4.78, 5) is 11.4. The van der Waals surface area contributed by atoms with Gasteiger partial charge in [-0.2, -0.15) is 0 Å². The van der Waals surface area contributed by atoms with Gasteiger partial charge in [0.25, 0.3) is 0 Å². The van der Waals surface area contributed by atoms with Crippen molar-refractivity contribution in [3.05, 3.63) is 35.9 Å². The highest BCUT2D eigenvalue weighted by atomic mass is 16.5. The molecule has 1 saturated heterocycles. The van der Waals surface area contributed by atoms with E-state index in [2.05, 4.69) is 12.1 Å². The highest BCUT2D eigenvalue weighted by molar-refractivity contribution is 5.69. The molecule has 0 N–H and O–H groups in total. The number of esters is 1. The third kappa shape index (κ3) is 3.37. The first-order valence-corrected chi connectivity index (χ1v) is 6.08. The average Bonchev–Trinajstić information content (AvgIpc) is 2.27. The monoisotopic (exact) mass is 218 g/mol. The summed E-state index contributed by atoms with van der Waals surface area (Å²) in [5.74, 6) is -0.0272. The number of ether oxygens (including phenoxy) is 1. The largest absolute Gasteiger partial charge is 0.462 e. The summed E-state index contributed by atoms with van der Waals surface area (Å²) in [6.45, 7) is 0. The van der Waals surface area contributed by atoms with Crippen molar-refractivity contribution in [2.75, 3.05) is 0 Å². The van der Waals surface area contributed by atoms with Crippen LogP contribution in [-0.2, 0) is 16.0 Å². The topological polar surface area (TPSA) is 26.3 Å². The highest BCUT2D eigenvalue weighted by Gasteiger charge is 2.17. The second-order valence-corrected chi connectivity index (χ2v) is 4.40. The van der Waals surface area contributed by atoms with Gasteiger partial charge in [-0.25, -0.2) is 0 Å². The minimum Gasteiger partial charge on any atom is -0.462 e. The molecule has 2 rings (SSSR count). The highest BCUT2D eigenvalue weighted by Crippen LogP contribution is 2.17. The van der Waals surface area contributed by atoms with E-state index in [1.807, 2.05) is 18.2 Å². The third-order valence-electron chi connectivity index (χ3n) is 3.01. The molecule has 0 spiro atoms. The second kappa shape index (κ2) is 5.69. The molecular weight excluding hydrogens is 200 g/mol. The normalized spacial score (nSPS) is 22.0. The first-order valence-electron chi connectivity index (χ1n) is 6.08. The molecule has 1 aliphatic rings. The standard InChI is InChI=1S/C14H18O2/c15-14-10-6-2-5-9-13(16-14)11-12-7-3-1-4-8-12/h1,3-4,7-8,13H,2,5-6,9-11H2. The van der Waals surface area contributed by atoms with Gasteiger partial charge in [-0.15, -0.1) is 0 Å². The Balaban J connectivity index is 1.94. The van der Waals surface area contributed by atoms with Crippen LogP contribution in [0.3, 0.4) is 0 Å². The van der Waals surface area contributed by atoms with Gasteiger partial charge in [-0.05, 0) is 24.8 Å². The SMILES string of the molecule is O=C1CCCCCC(Cc2ccccc2)O1. The molecule has 0 aliphatic carbocycles. The lowest BCUT2D eigenvalue weighted by atomic mass is 10.0. The molecule has 0 saturated carbocycles. The fourth-order valence-corrected chi connectivity index (χ4v) is 2.14. The Kier molecular flexibility index (Phi) is 3.97. The van der Waals surface area contributed by atoms with Gasteiger partial charge in [0.05, 0.1) is 0 Å². The van der Waals surface area contributed by atoms with Crippen LogP contribution in [0.25, 0.3) is 0 Å². The summed E-state index contributed by atoms with van der Waals surface area (Å²) in [6.07, 6.45) is 5.83. The lowest BCUT2D eigenvalue weighted by molar-refractivity contribution is -0.150. The van der Waals surface area contributed by atoms with Crippen molar-refractivity contribution in [2.24, 2.45) is 0 Å². The molecule has 0 radical (unpaired) electrons. The first kappa shape index (κ1) is 11.2. The van der Waals surface area contributed by atoms with E-state index in [4.69, 9.17) is 4.74 Å². The van der Waals surface area contributed by atoms with E-state index in [0.717, 1.165) is 25.7 Å². The Bertz CT molecular complexity index is 332. The van der Waals surface area contributed by atoms with E-state index in [-0.39, 0.29) is 12.1 Å². The molecular formula is C14H18O2. The molecule has 0 amide bonds. The molecule has 2 heteroatoms. The van der Waals surface area contributed by atoms with Crippen LogP contribution in [0.15, 0.2) is 30.3 Å². The van der Waals surface area contributed by atoms with Crippen LogP contribution in [0.1, 0.15) is 37.7 Å². The molecule has 0 bridgehead atoms. The number of rotatable bonds is 2. The zero-order valence-electron chi connectivity index (χ0n) is 9.52. The smallest absolute Gasteiger partial charge is 0.306 e. The summed E-state index contributed by atoms with van der Waals surface area (Å²) in [6, 6.07) is 10.2. The van der Waals surface area contributed by atoms with Crippen LogP contribution in [0.2, 0.25) is 0 Å². The number of hydrogen-bond acceptors (Lipinski definition) is 2. The van der Waals surface area contributed by atoms with Crippen molar-refractivity contribution >= 4 is 5.97 Å². The van der Waals surface area contributed by atoms with Crippen LogP contribution in [0, 0.1) is 0 Å². The third-order valence-corrected chi connectivity index (χ3v) is 3.01. The Morgan fingerprint density at radius 2 is 1.94 bits per heavy atom. The van der Waals surface area contributed by atoms with Gasteiger partial charge < -0.3 is 4.74 Å². The molecule has 2 nitrogen and oxygen atoms in total. The molecule has 1 unspecified atom stereocenters. The molecule has 0 aromatic heterocycles. The molecule has 1 atom stereocenters. The predicted octanol–water partition coefficient (Wildman–Crippen LogP) is 3.11. The van der Waals surface area contributed by atoms with Crippen LogP contribution in [0.4, 0.5) is 0 Å². The zero-order chi connectivity index (χ0) is 11.2. The molecule has 1 fully saturated rings. The van der Waals surface area contributed by atoms with Crippen molar-refractivity contribution in [1.29, 1.82) is 0 Å². The average molecular weight is 218 g/mol. The number of carbonyl (C=O) groups is 1. The number of benzene rings is 1.